The minimum atomic E-state index is -0.215. The first-order chi connectivity index (χ1) is 12.6. The van der Waals surface area contributed by atoms with Crippen LogP contribution in [-0.2, 0) is 0 Å². The van der Waals surface area contributed by atoms with Crippen molar-refractivity contribution in [3.63, 3.8) is 0 Å². The van der Waals surface area contributed by atoms with Crippen LogP contribution in [0.1, 0.15) is 17.3 Å². The number of carbonyl (C=O) groups excluding carboxylic acids is 1. The minimum Gasteiger partial charge on any atom is -0.367 e. The number of amides is 1. The molecule has 0 fully saturated rings. The average molecular weight is 349 g/mol. The minimum absolute atomic E-state index is 0.00258. The molecule has 4 aromatic rings. The van der Waals surface area contributed by atoms with E-state index in [2.05, 4.69) is 25.6 Å². The summed E-state index contributed by atoms with van der Waals surface area (Å²) in [5.41, 5.74) is 9.73. The lowest BCUT2D eigenvalue weighted by Gasteiger charge is -2.11. The molecule has 3 heterocycles. The zero-order valence-electron chi connectivity index (χ0n) is 14.5. The van der Waals surface area contributed by atoms with Crippen molar-refractivity contribution in [2.24, 2.45) is 5.73 Å². The van der Waals surface area contributed by atoms with Gasteiger partial charge in [-0.3, -0.25) is 9.20 Å². The van der Waals surface area contributed by atoms with Crippen molar-refractivity contribution in [3.05, 3.63) is 42.1 Å². The number of nitrogens with two attached hydrogens (primary N) is 1. The second-order valence-corrected chi connectivity index (χ2v) is 6.22. The normalized spacial score (nSPS) is 12.6. The zero-order chi connectivity index (χ0) is 18.3. The lowest BCUT2D eigenvalue weighted by atomic mass is 10.2. The van der Waals surface area contributed by atoms with Crippen LogP contribution in [0, 0.1) is 0 Å². The summed E-state index contributed by atoms with van der Waals surface area (Å²) in [6.45, 7) is 2.50. The summed E-state index contributed by atoms with van der Waals surface area (Å²) in [4.78, 5) is 26.2. The third-order valence-electron chi connectivity index (χ3n) is 4.15. The molecular formula is C18H19N7O. The highest BCUT2D eigenvalue weighted by atomic mass is 16.1. The van der Waals surface area contributed by atoms with E-state index in [1.54, 1.807) is 19.3 Å². The molecule has 0 aliphatic carbocycles. The first-order valence-corrected chi connectivity index (χ1v) is 8.37. The van der Waals surface area contributed by atoms with E-state index in [9.17, 15) is 4.79 Å². The molecule has 0 bridgehead atoms. The van der Waals surface area contributed by atoms with Crippen molar-refractivity contribution in [1.82, 2.24) is 24.7 Å². The topological polar surface area (TPSA) is 110 Å². The van der Waals surface area contributed by atoms with E-state index in [1.807, 2.05) is 35.6 Å². The van der Waals surface area contributed by atoms with Crippen LogP contribution in [0.25, 0.3) is 27.8 Å². The van der Waals surface area contributed by atoms with Gasteiger partial charge in [0.05, 0.1) is 22.8 Å². The van der Waals surface area contributed by atoms with Crippen molar-refractivity contribution < 1.29 is 4.79 Å². The predicted octanol–water partition coefficient (Wildman–Crippen LogP) is 1.55. The molecule has 1 amide bonds. The Kier molecular flexibility index (Phi) is 3.89. The van der Waals surface area contributed by atoms with Crippen molar-refractivity contribution in [2.45, 2.75) is 13.0 Å². The molecule has 3 aromatic heterocycles. The fraction of sp³-hybridized carbons (Fsp3) is 0.222. The van der Waals surface area contributed by atoms with Gasteiger partial charge in [-0.25, -0.2) is 15.0 Å². The Morgan fingerprint density at radius 3 is 2.81 bits per heavy atom. The van der Waals surface area contributed by atoms with Crippen LogP contribution in [-0.4, -0.2) is 44.9 Å². The van der Waals surface area contributed by atoms with Gasteiger partial charge in [-0.2, -0.15) is 0 Å². The van der Waals surface area contributed by atoms with Crippen LogP contribution in [0.5, 0.6) is 0 Å². The number of benzene rings is 1. The number of hydrogen-bond acceptors (Lipinski definition) is 6. The maximum Gasteiger partial charge on any atom is 0.254 e. The number of nitrogens with zero attached hydrogens (tertiary/aromatic N) is 4. The van der Waals surface area contributed by atoms with E-state index in [-0.39, 0.29) is 11.9 Å². The smallest absolute Gasteiger partial charge is 0.254 e. The highest BCUT2D eigenvalue weighted by molar-refractivity contribution is 6.04. The number of carbonyl (C=O) groups is 1. The summed E-state index contributed by atoms with van der Waals surface area (Å²) in [7, 11) is 1.60. The molecule has 4 rings (SSSR count). The molecule has 8 heteroatoms. The van der Waals surface area contributed by atoms with Crippen LogP contribution >= 0.6 is 0 Å². The van der Waals surface area contributed by atoms with Gasteiger partial charge in [0.2, 0.25) is 0 Å². The first-order valence-electron chi connectivity index (χ1n) is 8.37. The Morgan fingerprint density at radius 2 is 2.04 bits per heavy atom. The van der Waals surface area contributed by atoms with Crippen LogP contribution in [0.15, 0.2) is 36.5 Å². The second kappa shape index (κ2) is 6.23. The maximum absolute atomic E-state index is 12.4. The van der Waals surface area contributed by atoms with Crippen molar-refractivity contribution in [1.29, 1.82) is 0 Å². The number of fused-ring (bicyclic) bond motifs is 5. The fourth-order valence-corrected chi connectivity index (χ4v) is 2.93. The van der Waals surface area contributed by atoms with Gasteiger partial charge in [0.15, 0.2) is 11.3 Å². The SMILES string of the molecule is CNC(=O)c1cc2ncc(NC[C@@H](C)N)nc2n2c1nc1ccccc12. The number of para-hydroxylation sites is 2. The highest BCUT2D eigenvalue weighted by Gasteiger charge is 2.18. The molecule has 8 nitrogen and oxygen atoms in total. The van der Waals surface area contributed by atoms with Gasteiger partial charge in [-0.15, -0.1) is 0 Å². The summed E-state index contributed by atoms with van der Waals surface area (Å²) >= 11 is 0. The lowest BCUT2D eigenvalue weighted by Crippen LogP contribution is -2.25. The highest BCUT2D eigenvalue weighted by Crippen LogP contribution is 2.25. The van der Waals surface area contributed by atoms with Crippen molar-refractivity contribution in [2.75, 3.05) is 18.9 Å². The Labute approximate surface area is 149 Å². The molecule has 0 saturated heterocycles. The molecule has 1 aromatic carbocycles. The van der Waals surface area contributed by atoms with E-state index < -0.39 is 0 Å². The van der Waals surface area contributed by atoms with Gasteiger partial charge in [0, 0.05) is 19.6 Å². The quantitative estimate of drug-likeness (QED) is 0.516. The number of nitrogens with one attached hydrogen (secondary N) is 2. The molecule has 0 spiro atoms. The average Bonchev–Trinajstić information content (AvgIpc) is 3.04. The van der Waals surface area contributed by atoms with Crippen molar-refractivity contribution in [3.8, 4) is 0 Å². The molecule has 0 saturated carbocycles. The summed E-state index contributed by atoms with van der Waals surface area (Å²) in [5.74, 6) is 0.412. The number of aromatic nitrogens is 4. The van der Waals surface area contributed by atoms with Gasteiger partial charge in [0.25, 0.3) is 5.91 Å². The summed E-state index contributed by atoms with van der Waals surface area (Å²) in [5, 5.41) is 5.84. The monoisotopic (exact) mass is 349 g/mol. The Hall–Kier alpha value is -3.26. The molecule has 0 unspecified atom stereocenters. The van der Waals surface area contributed by atoms with Gasteiger partial charge < -0.3 is 16.4 Å². The van der Waals surface area contributed by atoms with Crippen LogP contribution in [0.4, 0.5) is 5.82 Å². The predicted molar refractivity (Wildman–Crippen MR) is 101 cm³/mol. The Balaban J connectivity index is 2.05. The Bertz CT molecular complexity index is 1130. The number of rotatable bonds is 4. The molecule has 132 valence electrons. The van der Waals surface area contributed by atoms with Crippen molar-refractivity contribution >= 4 is 39.6 Å². The van der Waals surface area contributed by atoms with Crippen LogP contribution in [0.2, 0.25) is 0 Å². The molecule has 0 radical (unpaired) electrons. The number of pyridine rings is 1. The summed E-state index contributed by atoms with van der Waals surface area (Å²) < 4.78 is 1.87. The second-order valence-electron chi connectivity index (χ2n) is 6.22. The molecule has 0 aliphatic heterocycles. The van der Waals surface area contributed by atoms with Crippen LogP contribution in [0.3, 0.4) is 0 Å². The molecule has 26 heavy (non-hydrogen) atoms. The van der Waals surface area contributed by atoms with E-state index in [0.29, 0.717) is 34.7 Å². The summed E-state index contributed by atoms with van der Waals surface area (Å²) in [6.07, 6.45) is 1.64. The van der Waals surface area contributed by atoms with Gasteiger partial charge >= 0.3 is 0 Å². The van der Waals surface area contributed by atoms with Gasteiger partial charge in [0.1, 0.15) is 11.3 Å². The third kappa shape index (κ3) is 2.60. The Morgan fingerprint density at radius 1 is 1.23 bits per heavy atom. The molecule has 4 N–H and O–H groups in total. The lowest BCUT2D eigenvalue weighted by molar-refractivity contribution is 0.0964. The number of anilines is 1. The van der Waals surface area contributed by atoms with E-state index in [0.717, 1.165) is 11.0 Å². The van der Waals surface area contributed by atoms with Gasteiger partial charge in [-0.1, -0.05) is 12.1 Å². The third-order valence-corrected chi connectivity index (χ3v) is 4.15. The maximum atomic E-state index is 12.4. The standard InChI is InChI=1S/C18H19N7O/c1-10(19)8-22-15-9-21-13-7-11(18(26)20-2)16-23-12-5-3-4-6-14(12)25(16)17(13)24-15/h3-7,9-10H,8,19H2,1-2H3,(H,20,26)(H,22,24)/t10-/m1/s1. The first kappa shape index (κ1) is 16.2. The van der Waals surface area contributed by atoms with E-state index in [4.69, 9.17) is 5.73 Å². The largest absolute Gasteiger partial charge is 0.367 e. The summed E-state index contributed by atoms with van der Waals surface area (Å²) in [6, 6.07) is 9.42. The van der Waals surface area contributed by atoms with Gasteiger partial charge in [-0.05, 0) is 25.1 Å². The molecule has 1 atom stereocenters. The number of imidazole rings is 1. The zero-order valence-corrected chi connectivity index (χ0v) is 14.5. The molecule has 0 aliphatic rings. The fourth-order valence-electron chi connectivity index (χ4n) is 2.93. The van der Waals surface area contributed by atoms with Crippen LogP contribution < -0.4 is 16.4 Å². The van der Waals surface area contributed by atoms with E-state index >= 15 is 0 Å². The van der Waals surface area contributed by atoms with E-state index in [1.165, 1.54) is 0 Å². The number of hydrogen-bond donors (Lipinski definition) is 3. The molecular weight excluding hydrogens is 330 g/mol.